The Labute approximate surface area is 158 Å². The molecule has 0 aromatic carbocycles. The molecule has 1 aliphatic rings. The van der Waals surface area contributed by atoms with Crippen molar-refractivity contribution in [3.63, 3.8) is 0 Å². The van der Waals surface area contributed by atoms with E-state index in [1.165, 1.54) is 6.92 Å². The van der Waals surface area contributed by atoms with Crippen LogP contribution < -0.4 is 0 Å². The van der Waals surface area contributed by atoms with Crippen molar-refractivity contribution in [3.8, 4) is 0 Å². The molecule has 0 spiro atoms. The van der Waals surface area contributed by atoms with Gasteiger partial charge in [-0.15, -0.1) is 0 Å². The Bertz CT molecular complexity index is 593. The molecule has 0 amide bonds. The molecule has 0 aromatic rings. The van der Waals surface area contributed by atoms with Crippen LogP contribution in [0.4, 0.5) is 0 Å². The van der Waals surface area contributed by atoms with E-state index in [0.717, 1.165) is 24.0 Å². The van der Waals surface area contributed by atoms with E-state index < -0.39 is 17.7 Å². The van der Waals surface area contributed by atoms with E-state index >= 15 is 0 Å². The predicted molar refractivity (Wildman–Crippen MR) is 105 cm³/mol. The van der Waals surface area contributed by atoms with Crippen LogP contribution in [0.2, 0.25) is 0 Å². The number of ketones is 1. The van der Waals surface area contributed by atoms with Crippen LogP contribution in [0.1, 0.15) is 67.2 Å². The number of hydrogen-bond donors (Lipinski definition) is 1. The summed E-state index contributed by atoms with van der Waals surface area (Å²) in [6.45, 7) is 11.2. The second kappa shape index (κ2) is 9.86. The third kappa shape index (κ3) is 8.61. The minimum absolute atomic E-state index is 0.0540. The zero-order valence-corrected chi connectivity index (χ0v) is 17.0. The fraction of sp³-hybridized carbons (Fsp3) is 0.636. The molecule has 0 heterocycles. The minimum atomic E-state index is -1.09. The fourth-order valence-electron chi connectivity index (χ4n) is 3.25. The normalized spacial score (nSPS) is 34.2. The van der Waals surface area contributed by atoms with Crippen LogP contribution in [0.15, 0.2) is 35.5 Å². The number of carbonyl (C=O) groups is 2. The molecule has 0 bridgehead atoms. The van der Waals surface area contributed by atoms with Gasteiger partial charge in [-0.3, -0.25) is 9.59 Å². The average molecular weight is 363 g/mol. The van der Waals surface area contributed by atoms with Crippen LogP contribution in [-0.2, 0) is 14.3 Å². The van der Waals surface area contributed by atoms with Gasteiger partial charge in [0.05, 0.1) is 5.60 Å². The summed E-state index contributed by atoms with van der Waals surface area (Å²) < 4.78 is 5.35. The van der Waals surface area contributed by atoms with Crippen molar-refractivity contribution < 1.29 is 19.4 Å². The van der Waals surface area contributed by atoms with Gasteiger partial charge in [-0.2, -0.15) is 0 Å². The molecule has 1 rings (SSSR count). The van der Waals surface area contributed by atoms with E-state index in [9.17, 15) is 14.7 Å². The maximum absolute atomic E-state index is 12.3. The van der Waals surface area contributed by atoms with Gasteiger partial charge in [-0.1, -0.05) is 37.1 Å². The van der Waals surface area contributed by atoms with Crippen molar-refractivity contribution in [1.82, 2.24) is 0 Å². The molecule has 0 saturated heterocycles. The first-order valence-electron chi connectivity index (χ1n) is 9.45. The Morgan fingerprint density at radius 1 is 1.31 bits per heavy atom. The summed E-state index contributed by atoms with van der Waals surface area (Å²) in [5.74, 6) is 0.400. The Morgan fingerprint density at radius 2 is 1.96 bits per heavy atom. The molecule has 146 valence electrons. The molecular weight excluding hydrogens is 328 g/mol. The van der Waals surface area contributed by atoms with E-state index in [2.05, 4.69) is 19.9 Å². The van der Waals surface area contributed by atoms with Gasteiger partial charge in [0, 0.05) is 19.8 Å². The highest BCUT2D eigenvalue weighted by molar-refractivity contribution is 5.91. The molecule has 0 aromatic heterocycles. The average Bonchev–Trinajstić information content (AvgIpc) is 2.43. The lowest BCUT2D eigenvalue weighted by Gasteiger charge is -2.26. The molecular formula is C22H34O4. The Hall–Kier alpha value is -1.68. The highest BCUT2D eigenvalue weighted by Gasteiger charge is 2.25. The van der Waals surface area contributed by atoms with Crippen LogP contribution in [0.5, 0.6) is 0 Å². The first kappa shape index (κ1) is 22.4. The summed E-state index contributed by atoms with van der Waals surface area (Å²) in [5, 5.41) is 10.8. The number of ether oxygens (including phenoxy) is 1. The van der Waals surface area contributed by atoms with E-state index in [-0.39, 0.29) is 12.2 Å². The van der Waals surface area contributed by atoms with Crippen molar-refractivity contribution >= 4 is 11.8 Å². The van der Waals surface area contributed by atoms with Gasteiger partial charge in [0.2, 0.25) is 0 Å². The molecule has 1 N–H and O–H groups in total. The molecule has 3 atom stereocenters. The Morgan fingerprint density at radius 3 is 2.54 bits per heavy atom. The molecule has 0 aliphatic heterocycles. The van der Waals surface area contributed by atoms with Crippen molar-refractivity contribution in [1.29, 1.82) is 0 Å². The van der Waals surface area contributed by atoms with Gasteiger partial charge >= 0.3 is 5.97 Å². The van der Waals surface area contributed by atoms with E-state index in [1.54, 1.807) is 19.1 Å². The molecule has 26 heavy (non-hydrogen) atoms. The molecule has 0 radical (unpaired) electrons. The maximum atomic E-state index is 12.3. The van der Waals surface area contributed by atoms with Gasteiger partial charge in [0.25, 0.3) is 0 Å². The zero-order chi connectivity index (χ0) is 19.9. The van der Waals surface area contributed by atoms with Gasteiger partial charge in [-0.05, 0) is 57.6 Å². The van der Waals surface area contributed by atoms with Crippen LogP contribution in [0, 0.1) is 11.8 Å². The SMILES string of the molecule is CC(=O)O[C@H]1/C=C(\C)CC(=O)/C=C(\C)CC[C@@H](C(C)C)/C=C/[C@@](C)(O)C1. The minimum Gasteiger partial charge on any atom is -0.458 e. The topological polar surface area (TPSA) is 63.6 Å². The smallest absolute Gasteiger partial charge is 0.303 e. The largest absolute Gasteiger partial charge is 0.458 e. The summed E-state index contributed by atoms with van der Waals surface area (Å²) in [7, 11) is 0. The highest BCUT2D eigenvalue weighted by Crippen LogP contribution is 2.26. The van der Waals surface area contributed by atoms with Crippen LogP contribution >= 0.6 is 0 Å². The first-order valence-corrected chi connectivity index (χ1v) is 9.45. The zero-order valence-electron chi connectivity index (χ0n) is 17.0. The predicted octanol–water partition coefficient (Wildman–Crippen LogP) is 4.53. The third-order valence-corrected chi connectivity index (χ3v) is 4.69. The Balaban J connectivity index is 3.20. The summed E-state index contributed by atoms with van der Waals surface area (Å²) in [4.78, 5) is 23.7. The van der Waals surface area contributed by atoms with E-state index in [4.69, 9.17) is 4.74 Å². The van der Waals surface area contributed by atoms with Crippen molar-refractivity contribution in [3.05, 3.63) is 35.5 Å². The van der Waals surface area contributed by atoms with Gasteiger partial charge in [0.15, 0.2) is 5.78 Å². The quantitative estimate of drug-likeness (QED) is 0.579. The monoisotopic (exact) mass is 362 g/mol. The lowest BCUT2D eigenvalue weighted by Crippen LogP contribution is -2.30. The van der Waals surface area contributed by atoms with Crippen molar-refractivity contribution in [2.24, 2.45) is 11.8 Å². The van der Waals surface area contributed by atoms with Crippen molar-refractivity contribution in [2.75, 3.05) is 0 Å². The van der Waals surface area contributed by atoms with E-state index in [0.29, 0.717) is 18.3 Å². The van der Waals surface area contributed by atoms with Gasteiger partial charge < -0.3 is 9.84 Å². The summed E-state index contributed by atoms with van der Waals surface area (Å²) in [5.41, 5.74) is 0.813. The highest BCUT2D eigenvalue weighted by atomic mass is 16.5. The standard InChI is InChI=1S/C22H34O4/c1-15(2)19-8-7-16(3)11-20(24)12-17(4)13-21(26-18(5)23)14-22(6,25)10-9-19/h9-11,13,15,19,21,25H,7-8,12,14H2,1-6H3/b10-9+,16-11+,17-13+/t19-,21+,22-/m1/s1. The first-order chi connectivity index (χ1) is 12.0. The van der Waals surface area contributed by atoms with Gasteiger partial charge in [-0.25, -0.2) is 0 Å². The summed E-state index contributed by atoms with van der Waals surface area (Å²) in [6, 6.07) is 0. The second-order valence-electron chi connectivity index (χ2n) is 8.16. The van der Waals surface area contributed by atoms with E-state index in [1.807, 2.05) is 19.9 Å². The molecule has 4 heteroatoms. The lowest BCUT2D eigenvalue weighted by molar-refractivity contribution is -0.145. The number of aliphatic hydroxyl groups is 1. The molecule has 1 aliphatic carbocycles. The molecule has 0 fully saturated rings. The third-order valence-electron chi connectivity index (χ3n) is 4.69. The molecule has 0 saturated carbocycles. The molecule has 4 nitrogen and oxygen atoms in total. The number of carbonyl (C=O) groups excluding carboxylic acids is 2. The van der Waals surface area contributed by atoms with Crippen LogP contribution in [0.25, 0.3) is 0 Å². The number of hydrogen-bond acceptors (Lipinski definition) is 4. The van der Waals surface area contributed by atoms with Crippen LogP contribution in [0.3, 0.4) is 0 Å². The molecule has 0 unspecified atom stereocenters. The van der Waals surface area contributed by atoms with Crippen molar-refractivity contribution in [2.45, 2.75) is 78.9 Å². The van der Waals surface area contributed by atoms with Crippen LogP contribution in [-0.4, -0.2) is 28.6 Å². The second-order valence-corrected chi connectivity index (χ2v) is 8.16. The van der Waals surface area contributed by atoms with Gasteiger partial charge in [0.1, 0.15) is 6.10 Å². The summed E-state index contributed by atoms with van der Waals surface area (Å²) in [6.07, 6.45) is 9.17. The summed E-state index contributed by atoms with van der Waals surface area (Å²) >= 11 is 0. The number of allylic oxidation sites excluding steroid dienone is 4. The number of esters is 1. The Kier molecular flexibility index (Phi) is 8.48. The fourth-order valence-corrected chi connectivity index (χ4v) is 3.25. The number of rotatable bonds is 2. The lowest BCUT2D eigenvalue weighted by atomic mass is 9.86. The maximum Gasteiger partial charge on any atom is 0.303 e.